The van der Waals surface area contributed by atoms with Crippen molar-refractivity contribution in [3.8, 4) is 0 Å². The van der Waals surface area contributed by atoms with Gasteiger partial charge in [0, 0.05) is 6.54 Å². The number of rotatable bonds is 4. The number of carbonyl (C=O) groups is 1. The van der Waals surface area contributed by atoms with Gasteiger partial charge >= 0.3 is 0 Å². The van der Waals surface area contributed by atoms with Crippen LogP contribution in [-0.4, -0.2) is 12.5 Å². The van der Waals surface area contributed by atoms with Crippen molar-refractivity contribution in [2.24, 2.45) is 11.1 Å². The summed E-state index contributed by atoms with van der Waals surface area (Å²) in [5.41, 5.74) is 5.29. The standard InChI is InChI=1S/C11H16N2O2/c1-8(9-3-2-6-15-9)13-10(14)11(7-12)4-5-11/h2-3,6,8H,4-5,7,12H2,1H3,(H,13,14)/t8-/m0/s1. The van der Waals surface area contributed by atoms with Gasteiger partial charge in [0.1, 0.15) is 5.76 Å². The van der Waals surface area contributed by atoms with Crippen LogP contribution >= 0.6 is 0 Å². The summed E-state index contributed by atoms with van der Waals surface area (Å²) in [7, 11) is 0. The maximum Gasteiger partial charge on any atom is 0.228 e. The first-order valence-electron chi connectivity index (χ1n) is 5.22. The lowest BCUT2D eigenvalue weighted by Crippen LogP contribution is -2.37. The molecule has 0 aromatic carbocycles. The molecule has 0 unspecified atom stereocenters. The third-order valence-electron chi connectivity index (χ3n) is 3.04. The van der Waals surface area contributed by atoms with Crippen molar-refractivity contribution in [1.29, 1.82) is 0 Å². The van der Waals surface area contributed by atoms with Gasteiger partial charge in [-0.1, -0.05) is 0 Å². The summed E-state index contributed by atoms with van der Waals surface area (Å²) < 4.78 is 5.22. The van der Waals surface area contributed by atoms with Crippen LogP contribution in [0.1, 0.15) is 31.6 Å². The molecule has 1 amide bonds. The largest absolute Gasteiger partial charge is 0.467 e. The fourth-order valence-corrected chi connectivity index (χ4v) is 1.63. The van der Waals surface area contributed by atoms with Crippen LogP contribution in [0, 0.1) is 5.41 Å². The lowest BCUT2D eigenvalue weighted by Gasteiger charge is -2.16. The van der Waals surface area contributed by atoms with E-state index in [4.69, 9.17) is 10.2 Å². The molecule has 0 radical (unpaired) electrons. The molecule has 1 saturated carbocycles. The van der Waals surface area contributed by atoms with Gasteiger partial charge in [-0.05, 0) is 31.9 Å². The second-order valence-electron chi connectivity index (χ2n) is 4.20. The molecule has 0 aliphatic heterocycles. The second kappa shape index (κ2) is 3.70. The van der Waals surface area contributed by atoms with E-state index in [1.54, 1.807) is 6.26 Å². The van der Waals surface area contributed by atoms with Crippen molar-refractivity contribution < 1.29 is 9.21 Å². The van der Waals surface area contributed by atoms with Crippen LogP contribution in [0.4, 0.5) is 0 Å². The Morgan fingerprint density at radius 3 is 2.93 bits per heavy atom. The number of nitrogens with one attached hydrogen (secondary N) is 1. The monoisotopic (exact) mass is 208 g/mol. The Kier molecular flexibility index (Phi) is 2.52. The molecule has 1 aromatic rings. The van der Waals surface area contributed by atoms with E-state index in [1.807, 2.05) is 19.1 Å². The van der Waals surface area contributed by atoms with E-state index < -0.39 is 0 Å². The quantitative estimate of drug-likeness (QED) is 0.781. The minimum Gasteiger partial charge on any atom is -0.467 e. The molecule has 0 saturated heterocycles. The fraction of sp³-hybridized carbons (Fsp3) is 0.545. The third-order valence-corrected chi connectivity index (χ3v) is 3.04. The summed E-state index contributed by atoms with van der Waals surface area (Å²) in [4.78, 5) is 11.8. The van der Waals surface area contributed by atoms with Crippen LogP contribution in [0.2, 0.25) is 0 Å². The Morgan fingerprint density at radius 1 is 1.73 bits per heavy atom. The Morgan fingerprint density at radius 2 is 2.47 bits per heavy atom. The molecule has 1 aliphatic carbocycles. The maximum atomic E-state index is 11.8. The minimum atomic E-state index is -0.291. The van der Waals surface area contributed by atoms with E-state index >= 15 is 0 Å². The van der Waals surface area contributed by atoms with E-state index in [1.165, 1.54) is 0 Å². The molecule has 2 rings (SSSR count). The number of hydrogen-bond acceptors (Lipinski definition) is 3. The second-order valence-corrected chi connectivity index (χ2v) is 4.20. The molecule has 82 valence electrons. The van der Waals surface area contributed by atoms with Crippen LogP contribution in [0.15, 0.2) is 22.8 Å². The summed E-state index contributed by atoms with van der Waals surface area (Å²) >= 11 is 0. The summed E-state index contributed by atoms with van der Waals surface area (Å²) in [6.45, 7) is 2.34. The van der Waals surface area contributed by atoms with E-state index in [0.717, 1.165) is 18.6 Å². The number of furan rings is 1. The highest BCUT2D eigenvalue weighted by Crippen LogP contribution is 2.45. The van der Waals surface area contributed by atoms with Crippen molar-refractivity contribution >= 4 is 5.91 Å². The SMILES string of the molecule is C[C@H](NC(=O)C1(CN)CC1)c1ccco1. The average molecular weight is 208 g/mol. The zero-order chi connectivity index (χ0) is 10.9. The topological polar surface area (TPSA) is 68.3 Å². The van der Waals surface area contributed by atoms with Crippen molar-refractivity contribution in [2.45, 2.75) is 25.8 Å². The van der Waals surface area contributed by atoms with Crippen LogP contribution in [0.3, 0.4) is 0 Å². The van der Waals surface area contributed by atoms with Crippen LogP contribution in [0.25, 0.3) is 0 Å². The number of hydrogen-bond donors (Lipinski definition) is 2. The fourth-order valence-electron chi connectivity index (χ4n) is 1.63. The van der Waals surface area contributed by atoms with Crippen molar-refractivity contribution in [3.63, 3.8) is 0 Å². The van der Waals surface area contributed by atoms with Gasteiger partial charge in [0.2, 0.25) is 5.91 Å². The van der Waals surface area contributed by atoms with E-state index in [-0.39, 0.29) is 17.4 Å². The van der Waals surface area contributed by atoms with Gasteiger partial charge < -0.3 is 15.5 Å². The summed E-state index contributed by atoms with van der Waals surface area (Å²) in [5, 5.41) is 2.92. The maximum absolute atomic E-state index is 11.8. The van der Waals surface area contributed by atoms with E-state index in [9.17, 15) is 4.79 Å². The van der Waals surface area contributed by atoms with Crippen LogP contribution < -0.4 is 11.1 Å². The Labute approximate surface area is 88.8 Å². The van der Waals surface area contributed by atoms with Crippen LogP contribution in [0.5, 0.6) is 0 Å². The number of nitrogens with two attached hydrogens (primary N) is 1. The molecule has 1 heterocycles. The molecule has 3 N–H and O–H groups in total. The Balaban J connectivity index is 1.95. The minimum absolute atomic E-state index is 0.0499. The normalized spacial score (nSPS) is 19.6. The average Bonchev–Trinajstić information content (AvgIpc) is 2.84. The van der Waals surface area contributed by atoms with Crippen molar-refractivity contribution in [3.05, 3.63) is 24.2 Å². The first-order valence-corrected chi connectivity index (χ1v) is 5.22. The highest BCUT2D eigenvalue weighted by molar-refractivity contribution is 5.85. The predicted molar refractivity (Wildman–Crippen MR) is 56.0 cm³/mol. The molecule has 1 atom stereocenters. The highest BCUT2D eigenvalue weighted by atomic mass is 16.3. The number of carbonyl (C=O) groups excluding carboxylic acids is 1. The molecule has 1 aliphatic rings. The zero-order valence-electron chi connectivity index (χ0n) is 8.82. The van der Waals surface area contributed by atoms with Gasteiger partial charge in [-0.3, -0.25) is 4.79 Å². The third kappa shape index (κ3) is 1.90. The van der Waals surface area contributed by atoms with Gasteiger partial charge in [0.15, 0.2) is 0 Å². The van der Waals surface area contributed by atoms with Gasteiger partial charge in [0.25, 0.3) is 0 Å². The summed E-state index contributed by atoms with van der Waals surface area (Å²) in [6.07, 6.45) is 3.41. The molecule has 1 fully saturated rings. The lowest BCUT2D eigenvalue weighted by molar-refractivity contribution is -0.126. The molecule has 4 heteroatoms. The lowest BCUT2D eigenvalue weighted by atomic mass is 10.1. The van der Waals surface area contributed by atoms with Gasteiger partial charge in [0.05, 0.1) is 17.7 Å². The van der Waals surface area contributed by atoms with Gasteiger partial charge in [-0.25, -0.2) is 0 Å². The van der Waals surface area contributed by atoms with Gasteiger partial charge in [-0.15, -0.1) is 0 Å². The highest BCUT2D eigenvalue weighted by Gasteiger charge is 2.48. The Hall–Kier alpha value is -1.29. The first kappa shape index (κ1) is 10.2. The molecule has 0 bridgehead atoms. The predicted octanol–water partition coefficient (Wildman–Crippen LogP) is 1.20. The molecule has 15 heavy (non-hydrogen) atoms. The van der Waals surface area contributed by atoms with Crippen LogP contribution in [-0.2, 0) is 4.79 Å². The van der Waals surface area contributed by atoms with Gasteiger partial charge in [-0.2, -0.15) is 0 Å². The molecule has 1 aromatic heterocycles. The van der Waals surface area contributed by atoms with Crippen molar-refractivity contribution in [1.82, 2.24) is 5.32 Å². The molecular formula is C11H16N2O2. The zero-order valence-corrected chi connectivity index (χ0v) is 8.82. The molecular weight excluding hydrogens is 192 g/mol. The van der Waals surface area contributed by atoms with Crippen molar-refractivity contribution in [2.75, 3.05) is 6.54 Å². The van der Waals surface area contributed by atoms with E-state index in [2.05, 4.69) is 5.32 Å². The summed E-state index contributed by atoms with van der Waals surface area (Å²) in [6, 6.07) is 3.58. The Bertz CT molecular complexity index is 341. The number of amides is 1. The smallest absolute Gasteiger partial charge is 0.228 e. The molecule has 0 spiro atoms. The summed E-state index contributed by atoms with van der Waals surface area (Å²) in [5.74, 6) is 0.824. The first-order chi connectivity index (χ1) is 7.18. The van der Waals surface area contributed by atoms with E-state index in [0.29, 0.717) is 6.54 Å². The molecule has 4 nitrogen and oxygen atoms in total.